The highest BCUT2D eigenvalue weighted by atomic mass is 16.4. The van der Waals surface area contributed by atoms with Crippen LogP contribution >= 0.6 is 0 Å². The first-order chi connectivity index (χ1) is 9.97. The van der Waals surface area contributed by atoms with E-state index >= 15 is 0 Å². The van der Waals surface area contributed by atoms with Gasteiger partial charge in [-0.3, -0.25) is 9.69 Å². The van der Waals surface area contributed by atoms with Crippen molar-refractivity contribution < 1.29 is 15.0 Å². The number of carboxylic acids is 1. The lowest BCUT2D eigenvalue weighted by atomic mass is 9.87. The fourth-order valence-electron chi connectivity index (χ4n) is 3.27. The van der Waals surface area contributed by atoms with E-state index in [1.165, 1.54) is 5.56 Å². The van der Waals surface area contributed by atoms with Crippen molar-refractivity contribution >= 4 is 16.9 Å². The molecular formula is C16H20N2O3. The fourth-order valence-corrected chi connectivity index (χ4v) is 3.27. The molecular weight excluding hydrogens is 268 g/mol. The number of fused-ring (bicyclic) bond motifs is 1. The van der Waals surface area contributed by atoms with Crippen LogP contribution in [0.1, 0.15) is 23.6 Å². The Morgan fingerprint density at radius 3 is 2.90 bits per heavy atom. The summed E-state index contributed by atoms with van der Waals surface area (Å²) in [5.41, 5.74) is 3.38. The summed E-state index contributed by atoms with van der Waals surface area (Å²) in [7, 11) is 1.92. The van der Waals surface area contributed by atoms with Gasteiger partial charge in [0.15, 0.2) is 0 Å². The molecule has 1 aromatic heterocycles. The fraction of sp³-hybridized carbons (Fsp3) is 0.438. The van der Waals surface area contributed by atoms with E-state index in [-0.39, 0.29) is 6.04 Å². The number of aromatic amines is 1. The van der Waals surface area contributed by atoms with E-state index in [1.54, 1.807) is 0 Å². The van der Waals surface area contributed by atoms with Crippen LogP contribution < -0.4 is 0 Å². The lowest BCUT2D eigenvalue weighted by molar-refractivity contribution is -0.150. The van der Waals surface area contributed by atoms with Crippen LogP contribution in [0.4, 0.5) is 0 Å². The van der Waals surface area contributed by atoms with Gasteiger partial charge in [0, 0.05) is 29.7 Å². The maximum absolute atomic E-state index is 11.2. The molecule has 0 spiro atoms. The number of H-pyrrole nitrogens is 1. The second-order valence-corrected chi connectivity index (χ2v) is 6.00. The average molecular weight is 288 g/mol. The zero-order valence-electron chi connectivity index (χ0n) is 12.2. The SMILES string of the molecule is Cc1ccc2[nH]cc(C3CC(O)C(C(=O)O)CN3C)c2c1. The van der Waals surface area contributed by atoms with E-state index in [0.29, 0.717) is 13.0 Å². The Hall–Kier alpha value is -1.85. The predicted octanol–water partition coefficient (Wildman–Crippen LogP) is 1.91. The largest absolute Gasteiger partial charge is 0.481 e. The molecule has 5 heteroatoms. The Kier molecular flexibility index (Phi) is 3.47. The molecule has 1 fully saturated rings. The normalized spacial score (nSPS) is 27.1. The van der Waals surface area contributed by atoms with Crippen LogP contribution in [0.15, 0.2) is 24.4 Å². The van der Waals surface area contributed by atoms with Gasteiger partial charge in [-0.2, -0.15) is 0 Å². The number of aliphatic carboxylic acids is 1. The number of aliphatic hydroxyl groups is 1. The number of aryl methyl sites for hydroxylation is 1. The second-order valence-electron chi connectivity index (χ2n) is 6.00. The van der Waals surface area contributed by atoms with Gasteiger partial charge in [-0.15, -0.1) is 0 Å². The van der Waals surface area contributed by atoms with Crippen LogP contribution in [-0.2, 0) is 4.79 Å². The smallest absolute Gasteiger partial charge is 0.310 e. The van der Waals surface area contributed by atoms with Crippen molar-refractivity contribution in [3.63, 3.8) is 0 Å². The first kappa shape index (κ1) is 14.1. The average Bonchev–Trinajstić information content (AvgIpc) is 2.83. The molecule has 0 bridgehead atoms. The third kappa shape index (κ3) is 2.43. The van der Waals surface area contributed by atoms with Crippen LogP contribution in [-0.4, -0.2) is 45.8 Å². The van der Waals surface area contributed by atoms with E-state index in [9.17, 15) is 9.90 Å². The summed E-state index contributed by atoms with van der Waals surface area (Å²) in [4.78, 5) is 16.4. The summed E-state index contributed by atoms with van der Waals surface area (Å²) in [5.74, 6) is -1.64. The lowest BCUT2D eigenvalue weighted by Crippen LogP contribution is -2.46. The summed E-state index contributed by atoms with van der Waals surface area (Å²) < 4.78 is 0. The Morgan fingerprint density at radius 2 is 2.19 bits per heavy atom. The molecule has 3 unspecified atom stereocenters. The van der Waals surface area contributed by atoms with Gasteiger partial charge >= 0.3 is 5.97 Å². The van der Waals surface area contributed by atoms with Crippen molar-refractivity contribution in [2.75, 3.05) is 13.6 Å². The van der Waals surface area contributed by atoms with Gasteiger partial charge < -0.3 is 15.2 Å². The van der Waals surface area contributed by atoms with Gasteiger partial charge in [-0.25, -0.2) is 0 Å². The van der Waals surface area contributed by atoms with Crippen molar-refractivity contribution in [3.05, 3.63) is 35.5 Å². The van der Waals surface area contributed by atoms with Crippen molar-refractivity contribution in [1.29, 1.82) is 0 Å². The number of carbonyl (C=O) groups is 1. The highest BCUT2D eigenvalue weighted by Crippen LogP contribution is 2.36. The Labute approximate surface area is 123 Å². The second kappa shape index (κ2) is 5.16. The number of rotatable bonds is 2. The number of nitrogens with zero attached hydrogens (tertiary/aromatic N) is 1. The highest BCUT2D eigenvalue weighted by molar-refractivity contribution is 5.84. The van der Waals surface area contributed by atoms with E-state index in [1.807, 2.05) is 24.2 Å². The monoisotopic (exact) mass is 288 g/mol. The maximum Gasteiger partial charge on any atom is 0.310 e. The molecule has 1 saturated heterocycles. The first-order valence-electron chi connectivity index (χ1n) is 7.16. The van der Waals surface area contributed by atoms with Crippen LogP contribution in [0.2, 0.25) is 0 Å². The number of likely N-dealkylation sites (tertiary alicyclic amines) is 1. The number of nitrogens with one attached hydrogen (secondary N) is 1. The molecule has 3 N–H and O–H groups in total. The third-order valence-corrected chi connectivity index (χ3v) is 4.49. The highest BCUT2D eigenvalue weighted by Gasteiger charge is 2.38. The molecule has 2 heterocycles. The summed E-state index contributed by atoms with van der Waals surface area (Å²) >= 11 is 0. The molecule has 1 aromatic carbocycles. The Bertz CT molecular complexity index is 679. The number of carboxylic acid groups (broad SMARTS) is 1. The number of hydrogen-bond acceptors (Lipinski definition) is 3. The van der Waals surface area contributed by atoms with E-state index in [4.69, 9.17) is 5.11 Å². The Morgan fingerprint density at radius 1 is 1.43 bits per heavy atom. The Balaban J connectivity index is 1.96. The minimum Gasteiger partial charge on any atom is -0.481 e. The van der Waals surface area contributed by atoms with E-state index < -0.39 is 18.0 Å². The minimum absolute atomic E-state index is 0.0335. The first-order valence-corrected chi connectivity index (χ1v) is 7.16. The summed E-state index contributed by atoms with van der Waals surface area (Å²) in [6.45, 7) is 2.41. The van der Waals surface area contributed by atoms with Gasteiger partial charge in [0.1, 0.15) is 0 Å². The molecule has 1 aliphatic heterocycles. The van der Waals surface area contributed by atoms with Gasteiger partial charge in [0.2, 0.25) is 0 Å². The number of aliphatic hydroxyl groups excluding tert-OH is 1. The molecule has 0 aliphatic carbocycles. The van der Waals surface area contributed by atoms with Crippen LogP contribution in [0.3, 0.4) is 0 Å². The third-order valence-electron chi connectivity index (χ3n) is 4.49. The molecule has 1 aliphatic rings. The molecule has 0 amide bonds. The van der Waals surface area contributed by atoms with Crippen molar-refractivity contribution in [1.82, 2.24) is 9.88 Å². The molecule has 3 rings (SSSR count). The van der Waals surface area contributed by atoms with Gasteiger partial charge in [0.25, 0.3) is 0 Å². The van der Waals surface area contributed by atoms with Crippen molar-refractivity contribution in [3.8, 4) is 0 Å². The van der Waals surface area contributed by atoms with Crippen LogP contribution in [0, 0.1) is 12.8 Å². The molecule has 3 atom stereocenters. The number of aromatic nitrogens is 1. The van der Waals surface area contributed by atoms with Crippen LogP contribution in [0.25, 0.3) is 10.9 Å². The summed E-state index contributed by atoms with van der Waals surface area (Å²) in [5, 5.41) is 20.4. The zero-order chi connectivity index (χ0) is 15.1. The van der Waals surface area contributed by atoms with Crippen LogP contribution in [0.5, 0.6) is 0 Å². The van der Waals surface area contributed by atoms with Gasteiger partial charge in [0.05, 0.1) is 12.0 Å². The summed E-state index contributed by atoms with van der Waals surface area (Å²) in [6, 6.07) is 6.27. The molecule has 0 radical (unpaired) electrons. The maximum atomic E-state index is 11.2. The molecule has 2 aromatic rings. The lowest BCUT2D eigenvalue weighted by Gasteiger charge is -2.38. The molecule has 5 nitrogen and oxygen atoms in total. The molecule has 0 saturated carbocycles. The quantitative estimate of drug-likeness (QED) is 0.789. The van der Waals surface area contributed by atoms with Crippen molar-refractivity contribution in [2.24, 2.45) is 5.92 Å². The zero-order valence-corrected chi connectivity index (χ0v) is 12.2. The topological polar surface area (TPSA) is 76.6 Å². The minimum atomic E-state index is -0.928. The molecule has 21 heavy (non-hydrogen) atoms. The van der Waals surface area contributed by atoms with Crippen molar-refractivity contribution in [2.45, 2.75) is 25.5 Å². The predicted molar refractivity (Wildman–Crippen MR) is 80.2 cm³/mol. The van der Waals surface area contributed by atoms with Gasteiger partial charge in [-0.05, 0) is 38.1 Å². The standard InChI is InChI=1S/C16H20N2O3/c1-9-3-4-13-10(5-9)11(7-17-13)14-6-15(19)12(16(20)21)8-18(14)2/h3-5,7,12,14-15,17,19H,6,8H2,1-2H3,(H,20,21). The number of hydrogen-bond donors (Lipinski definition) is 3. The van der Waals surface area contributed by atoms with Gasteiger partial charge in [-0.1, -0.05) is 11.6 Å². The number of piperidine rings is 1. The number of benzene rings is 1. The van der Waals surface area contributed by atoms with E-state index in [0.717, 1.165) is 16.5 Å². The molecule has 112 valence electrons. The van der Waals surface area contributed by atoms with E-state index in [2.05, 4.69) is 24.0 Å². The summed E-state index contributed by atoms with van der Waals surface area (Å²) in [6.07, 6.45) is 1.60.